The van der Waals surface area contributed by atoms with Crippen LogP contribution in [0.5, 0.6) is 0 Å². The Morgan fingerprint density at radius 1 is 1.35 bits per heavy atom. The van der Waals surface area contributed by atoms with Crippen LogP contribution < -0.4 is 0 Å². The lowest BCUT2D eigenvalue weighted by Crippen LogP contribution is -2.21. The van der Waals surface area contributed by atoms with Crippen LogP contribution in [0.25, 0.3) is 0 Å². The lowest BCUT2D eigenvalue weighted by molar-refractivity contribution is -0.251. The van der Waals surface area contributed by atoms with Crippen LogP contribution in [0.1, 0.15) is 23.2 Å². The van der Waals surface area contributed by atoms with Crippen molar-refractivity contribution in [1.82, 2.24) is 4.98 Å². The van der Waals surface area contributed by atoms with Crippen molar-refractivity contribution in [2.45, 2.75) is 12.8 Å². The van der Waals surface area contributed by atoms with Crippen molar-refractivity contribution in [2.75, 3.05) is 19.8 Å². The van der Waals surface area contributed by atoms with Gasteiger partial charge in [0.05, 0.1) is 12.2 Å². The molecule has 0 unspecified atom stereocenters. The first-order chi connectivity index (χ1) is 8.36. The summed E-state index contributed by atoms with van der Waals surface area (Å²) in [4.78, 5) is 25.0. The molecule has 2 rings (SSSR count). The zero-order valence-corrected chi connectivity index (χ0v) is 9.50. The van der Waals surface area contributed by atoms with E-state index in [1.54, 1.807) is 12.1 Å². The quantitative estimate of drug-likeness (QED) is 0.588. The summed E-state index contributed by atoms with van der Waals surface area (Å²) in [5.74, 6) is -0.0755. The average Bonchev–Trinajstić information content (AvgIpc) is 2.41. The minimum atomic E-state index is -0.487. The van der Waals surface area contributed by atoms with Gasteiger partial charge in [-0.3, -0.25) is 9.87 Å². The molecular weight excluding hydrogens is 222 g/mol. The van der Waals surface area contributed by atoms with Crippen molar-refractivity contribution in [3.63, 3.8) is 0 Å². The molecule has 17 heavy (non-hydrogen) atoms. The van der Waals surface area contributed by atoms with E-state index >= 15 is 0 Å². The van der Waals surface area contributed by atoms with Gasteiger partial charge in [0.2, 0.25) is 0 Å². The number of hydrogen-bond acceptors (Lipinski definition) is 5. The second kappa shape index (κ2) is 6.32. The summed E-state index contributed by atoms with van der Waals surface area (Å²) in [6.07, 6.45) is 4.98. The van der Waals surface area contributed by atoms with Gasteiger partial charge in [-0.1, -0.05) is 0 Å². The molecule has 92 valence electrons. The number of aromatic nitrogens is 1. The van der Waals surface area contributed by atoms with Crippen LogP contribution >= 0.6 is 0 Å². The molecular formula is C12H15NO4. The van der Waals surface area contributed by atoms with Gasteiger partial charge in [-0.05, 0) is 30.9 Å². The third-order valence-electron chi connectivity index (χ3n) is 2.70. The van der Waals surface area contributed by atoms with Crippen LogP contribution in [0, 0.1) is 5.92 Å². The summed E-state index contributed by atoms with van der Waals surface area (Å²) in [5.41, 5.74) is 0.437. The second-order valence-corrected chi connectivity index (χ2v) is 3.95. The highest BCUT2D eigenvalue weighted by Gasteiger charge is 2.15. The number of hydrogen-bond donors (Lipinski definition) is 0. The Bertz CT molecular complexity index is 349. The van der Waals surface area contributed by atoms with Gasteiger partial charge in [0.15, 0.2) is 0 Å². The van der Waals surface area contributed by atoms with Gasteiger partial charge in [-0.15, -0.1) is 0 Å². The fourth-order valence-corrected chi connectivity index (χ4v) is 1.63. The molecule has 0 aromatic carbocycles. The third kappa shape index (κ3) is 3.80. The maximum Gasteiger partial charge on any atom is 0.373 e. The Morgan fingerprint density at radius 3 is 2.76 bits per heavy atom. The molecule has 0 radical (unpaired) electrons. The monoisotopic (exact) mass is 237 g/mol. The van der Waals surface area contributed by atoms with Crippen LogP contribution in [-0.4, -0.2) is 30.8 Å². The van der Waals surface area contributed by atoms with Gasteiger partial charge in [-0.25, -0.2) is 4.79 Å². The molecule has 1 aliphatic rings. The highest BCUT2D eigenvalue weighted by atomic mass is 17.2. The van der Waals surface area contributed by atoms with Crippen molar-refractivity contribution >= 4 is 5.97 Å². The lowest BCUT2D eigenvalue weighted by Gasteiger charge is -2.20. The fraction of sp³-hybridized carbons (Fsp3) is 0.500. The summed E-state index contributed by atoms with van der Waals surface area (Å²) >= 11 is 0. The summed E-state index contributed by atoms with van der Waals surface area (Å²) < 4.78 is 5.23. The molecule has 0 amide bonds. The predicted molar refractivity (Wildman–Crippen MR) is 59.1 cm³/mol. The summed E-state index contributed by atoms with van der Waals surface area (Å²) in [5, 5.41) is 0. The highest BCUT2D eigenvalue weighted by Crippen LogP contribution is 2.15. The molecule has 1 aromatic heterocycles. The third-order valence-corrected chi connectivity index (χ3v) is 2.70. The number of nitrogens with zero attached hydrogens (tertiary/aromatic N) is 1. The number of pyridine rings is 1. The van der Waals surface area contributed by atoms with Gasteiger partial charge in [0.25, 0.3) is 0 Å². The largest absolute Gasteiger partial charge is 0.381 e. The molecule has 0 atom stereocenters. The van der Waals surface area contributed by atoms with E-state index in [-0.39, 0.29) is 0 Å². The average molecular weight is 237 g/mol. The Labute approximate surface area is 99.6 Å². The van der Waals surface area contributed by atoms with E-state index in [1.807, 2.05) is 0 Å². The van der Waals surface area contributed by atoms with E-state index in [9.17, 15) is 4.79 Å². The minimum Gasteiger partial charge on any atom is -0.381 e. The zero-order chi connectivity index (χ0) is 11.9. The lowest BCUT2D eigenvalue weighted by atomic mass is 10.0. The van der Waals surface area contributed by atoms with Gasteiger partial charge < -0.3 is 4.74 Å². The van der Waals surface area contributed by atoms with Gasteiger partial charge in [0, 0.05) is 25.6 Å². The van der Waals surface area contributed by atoms with Crippen molar-refractivity contribution in [3.8, 4) is 0 Å². The number of carbonyl (C=O) groups excluding carboxylic acids is 1. The van der Waals surface area contributed by atoms with Crippen molar-refractivity contribution in [2.24, 2.45) is 5.92 Å². The van der Waals surface area contributed by atoms with Crippen molar-refractivity contribution in [1.29, 1.82) is 0 Å². The molecule has 0 saturated carbocycles. The SMILES string of the molecule is O=C(OOCC1CCOCC1)c1ccncc1. The number of rotatable bonds is 4. The van der Waals surface area contributed by atoms with E-state index in [2.05, 4.69) is 4.98 Å². The number of carbonyl (C=O) groups is 1. The number of ether oxygens (including phenoxy) is 1. The fourth-order valence-electron chi connectivity index (χ4n) is 1.63. The van der Waals surface area contributed by atoms with Crippen LogP contribution in [-0.2, 0) is 14.5 Å². The van der Waals surface area contributed by atoms with E-state index in [1.165, 1.54) is 12.4 Å². The minimum absolute atomic E-state index is 0.411. The Hall–Kier alpha value is -1.46. The van der Waals surface area contributed by atoms with E-state index < -0.39 is 5.97 Å². The Balaban J connectivity index is 1.69. The molecule has 1 aromatic rings. The van der Waals surface area contributed by atoms with Crippen molar-refractivity contribution in [3.05, 3.63) is 30.1 Å². The zero-order valence-electron chi connectivity index (χ0n) is 9.50. The van der Waals surface area contributed by atoms with Gasteiger partial charge >= 0.3 is 5.97 Å². The molecule has 1 fully saturated rings. The molecule has 0 aliphatic carbocycles. The second-order valence-electron chi connectivity index (χ2n) is 3.95. The molecule has 1 saturated heterocycles. The smallest absolute Gasteiger partial charge is 0.373 e. The predicted octanol–water partition coefficient (Wildman–Crippen LogP) is 1.60. The van der Waals surface area contributed by atoms with Crippen LogP contribution in [0.3, 0.4) is 0 Å². The van der Waals surface area contributed by atoms with Crippen LogP contribution in [0.15, 0.2) is 24.5 Å². The molecule has 2 heterocycles. The Morgan fingerprint density at radius 2 is 2.06 bits per heavy atom. The topological polar surface area (TPSA) is 57.7 Å². The van der Waals surface area contributed by atoms with Gasteiger partial charge in [-0.2, -0.15) is 4.89 Å². The molecule has 1 aliphatic heterocycles. The standard InChI is InChI=1S/C12H15NO4/c14-12(11-1-5-13-6-2-11)17-16-9-10-3-7-15-8-4-10/h1-2,5-6,10H,3-4,7-9H2. The molecule has 5 heteroatoms. The molecule has 5 nitrogen and oxygen atoms in total. The van der Waals surface area contributed by atoms with Gasteiger partial charge in [0.1, 0.15) is 0 Å². The van der Waals surface area contributed by atoms with Crippen molar-refractivity contribution < 1.29 is 19.3 Å². The summed E-state index contributed by atoms with van der Waals surface area (Å²) in [6.45, 7) is 1.94. The summed E-state index contributed by atoms with van der Waals surface area (Å²) in [6, 6.07) is 3.17. The van der Waals surface area contributed by atoms with E-state index in [4.69, 9.17) is 14.5 Å². The molecule has 0 spiro atoms. The Kier molecular flexibility index (Phi) is 4.46. The molecule has 0 N–H and O–H groups in total. The van der Waals surface area contributed by atoms with Crippen LogP contribution in [0.2, 0.25) is 0 Å². The maximum absolute atomic E-state index is 11.5. The maximum atomic E-state index is 11.5. The summed E-state index contributed by atoms with van der Waals surface area (Å²) in [7, 11) is 0. The molecule has 0 bridgehead atoms. The highest BCUT2D eigenvalue weighted by molar-refractivity contribution is 5.88. The van der Waals surface area contributed by atoms with E-state index in [0.29, 0.717) is 18.1 Å². The normalized spacial score (nSPS) is 16.7. The first kappa shape index (κ1) is 12.0. The van der Waals surface area contributed by atoms with Crippen LogP contribution in [0.4, 0.5) is 0 Å². The first-order valence-corrected chi connectivity index (χ1v) is 5.68. The van der Waals surface area contributed by atoms with E-state index in [0.717, 1.165) is 26.1 Å². The first-order valence-electron chi connectivity index (χ1n) is 5.68.